The first-order valence-electron chi connectivity index (χ1n) is 5.67. The van der Waals surface area contributed by atoms with E-state index in [4.69, 9.17) is 5.73 Å². The van der Waals surface area contributed by atoms with Crippen LogP contribution in [0.1, 0.15) is 33.6 Å². The Labute approximate surface area is 99.6 Å². The molecule has 5 heteroatoms. The normalized spacial score (nSPS) is 14.3. The van der Waals surface area contributed by atoms with E-state index in [1.165, 1.54) is 0 Å². The van der Waals surface area contributed by atoms with Crippen LogP contribution in [0, 0.1) is 0 Å². The summed E-state index contributed by atoms with van der Waals surface area (Å²) in [6, 6.07) is 6.83. The van der Waals surface area contributed by atoms with Gasteiger partial charge in [-0.1, -0.05) is 12.1 Å². The number of carbonyl (C=O) groups is 2. The highest BCUT2D eigenvalue weighted by atomic mass is 16.2. The van der Waals surface area contributed by atoms with Crippen molar-refractivity contribution in [3.8, 4) is 0 Å². The molecule has 0 unspecified atom stereocenters. The molecule has 2 rings (SSSR count). The van der Waals surface area contributed by atoms with E-state index in [2.05, 4.69) is 5.43 Å². The molecule has 17 heavy (non-hydrogen) atoms. The third-order valence-corrected chi connectivity index (χ3v) is 2.69. The number of carbonyl (C=O) groups excluding carboxylic acids is 2. The van der Waals surface area contributed by atoms with Gasteiger partial charge in [-0.3, -0.25) is 9.59 Å². The fourth-order valence-electron chi connectivity index (χ4n) is 1.79. The topological polar surface area (TPSA) is 75.4 Å². The largest absolute Gasteiger partial charge is 0.330 e. The summed E-state index contributed by atoms with van der Waals surface area (Å²) in [5.74, 6) is -0.559. The summed E-state index contributed by atoms with van der Waals surface area (Å²) in [5.41, 5.74) is 9.14. The number of hydrogen-bond donors (Lipinski definition) is 2. The van der Waals surface area contributed by atoms with E-state index in [0.29, 0.717) is 24.2 Å². The molecule has 0 saturated heterocycles. The van der Waals surface area contributed by atoms with Crippen LogP contribution in [0.25, 0.3) is 0 Å². The Morgan fingerprint density at radius 2 is 1.65 bits per heavy atom. The minimum Gasteiger partial charge on any atom is -0.330 e. The molecule has 0 atom stereocenters. The fourth-order valence-corrected chi connectivity index (χ4v) is 1.79. The van der Waals surface area contributed by atoms with E-state index in [0.717, 1.165) is 17.9 Å². The van der Waals surface area contributed by atoms with E-state index >= 15 is 0 Å². The summed E-state index contributed by atoms with van der Waals surface area (Å²) in [6.45, 7) is 1.19. The lowest BCUT2D eigenvalue weighted by atomic mass is 10.1. The van der Waals surface area contributed by atoms with Gasteiger partial charge >= 0.3 is 0 Å². The van der Waals surface area contributed by atoms with Crippen LogP contribution in [0.2, 0.25) is 0 Å². The monoisotopic (exact) mass is 233 g/mol. The second-order valence-corrected chi connectivity index (χ2v) is 3.90. The molecule has 5 nitrogen and oxygen atoms in total. The number of nitrogens with two attached hydrogens (primary N) is 1. The number of hydrogen-bond acceptors (Lipinski definition) is 4. The summed E-state index contributed by atoms with van der Waals surface area (Å²) in [6.07, 6.45) is 1.71. The maximum Gasteiger partial charge on any atom is 0.276 e. The fraction of sp³-hybridized carbons (Fsp3) is 0.333. The van der Waals surface area contributed by atoms with Crippen LogP contribution in [0.3, 0.4) is 0 Å². The van der Waals surface area contributed by atoms with E-state index in [-0.39, 0.29) is 11.8 Å². The predicted octanol–water partition coefficient (Wildman–Crippen LogP) is 0.526. The number of benzene rings is 1. The molecule has 0 saturated carbocycles. The Bertz CT molecular complexity index is 410. The van der Waals surface area contributed by atoms with Crippen molar-refractivity contribution in [3.05, 3.63) is 35.4 Å². The predicted molar refractivity (Wildman–Crippen MR) is 63.2 cm³/mol. The average molecular weight is 233 g/mol. The molecule has 1 aromatic carbocycles. The van der Waals surface area contributed by atoms with Crippen molar-refractivity contribution in [1.82, 2.24) is 10.4 Å². The van der Waals surface area contributed by atoms with Gasteiger partial charge in [-0.15, -0.1) is 0 Å². The molecule has 1 aliphatic heterocycles. The van der Waals surface area contributed by atoms with Crippen molar-refractivity contribution in [2.75, 3.05) is 13.1 Å². The Morgan fingerprint density at radius 1 is 1.06 bits per heavy atom. The Morgan fingerprint density at radius 3 is 2.18 bits per heavy atom. The number of nitrogens with one attached hydrogen (secondary N) is 1. The van der Waals surface area contributed by atoms with Crippen LogP contribution in [-0.2, 0) is 0 Å². The Hall–Kier alpha value is -1.72. The minimum absolute atomic E-state index is 0.279. The molecule has 90 valence electrons. The summed E-state index contributed by atoms with van der Waals surface area (Å²) in [4.78, 5) is 23.8. The number of rotatable bonds is 5. The van der Waals surface area contributed by atoms with Crippen molar-refractivity contribution in [2.45, 2.75) is 12.8 Å². The zero-order valence-corrected chi connectivity index (χ0v) is 9.48. The molecule has 0 fully saturated rings. The Kier molecular flexibility index (Phi) is 3.51. The SMILES string of the molecule is NCCCCNN1C(=O)c2ccccc2C1=O. The van der Waals surface area contributed by atoms with Gasteiger partial charge in [0.2, 0.25) is 0 Å². The van der Waals surface area contributed by atoms with Gasteiger partial charge in [-0.2, -0.15) is 0 Å². The van der Waals surface area contributed by atoms with Crippen molar-refractivity contribution < 1.29 is 9.59 Å². The number of nitrogens with zero attached hydrogens (tertiary/aromatic N) is 1. The molecule has 0 aliphatic carbocycles. The summed E-state index contributed by atoms with van der Waals surface area (Å²) >= 11 is 0. The maximum absolute atomic E-state index is 11.9. The molecule has 2 amide bonds. The molecular formula is C12H15N3O2. The highest BCUT2D eigenvalue weighted by molar-refractivity contribution is 6.20. The quantitative estimate of drug-likeness (QED) is 0.574. The first-order valence-corrected chi connectivity index (χ1v) is 5.67. The number of amides is 2. The van der Waals surface area contributed by atoms with Crippen LogP contribution in [0.4, 0.5) is 0 Å². The molecule has 0 bridgehead atoms. The second-order valence-electron chi connectivity index (χ2n) is 3.90. The lowest BCUT2D eigenvalue weighted by Crippen LogP contribution is -2.42. The molecule has 1 aliphatic rings. The number of fused-ring (bicyclic) bond motifs is 1. The zero-order chi connectivity index (χ0) is 12.3. The van der Waals surface area contributed by atoms with Crippen molar-refractivity contribution in [1.29, 1.82) is 0 Å². The molecule has 1 heterocycles. The molecule has 3 N–H and O–H groups in total. The molecule has 0 radical (unpaired) electrons. The van der Waals surface area contributed by atoms with Gasteiger partial charge in [0.05, 0.1) is 11.1 Å². The summed E-state index contributed by atoms with van der Waals surface area (Å²) in [5, 5.41) is 1.08. The van der Waals surface area contributed by atoms with Gasteiger partial charge in [-0.25, -0.2) is 10.4 Å². The lowest BCUT2D eigenvalue weighted by Gasteiger charge is -2.14. The smallest absolute Gasteiger partial charge is 0.276 e. The third-order valence-electron chi connectivity index (χ3n) is 2.69. The maximum atomic E-state index is 11.9. The van der Waals surface area contributed by atoms with Gasteiger partial charge < -0.3 is 5.73 Å². The van der Waals surface area contributed by atoms with Crippen LogP contribution >= 0.6 is 0 Å². The van der Waals surface area contributed by atoms with Gasteiger partial charge in [-0.05, 0) is 31.5 Å². The standard InChI is InChI=1S/C12H15N3O2/c13-7-3-4-8-14-15-11(16)9-5-1-2-6-10(9)12(15)17/h1-2,5-6,14H,3-4,7-8,13H2. The molecular weight excluding hydrogens is 218 g/mol. The van der Waals surface area contributed by atoms with Crippen molar-refractivity contribution >= 4 is 11.8 Å². The molecule has 1 aromatic rings. The van der Waals surface area contributed by atoms with Gasteiger partial charge in [0.25, 0.3) is 11.8 Å². The molecule has 0 aromatic heterocycles. The van der Waals surface area contributed by atoms with E-state index in [9.17, 15) is 9.59 Å². The van der Waals surface area contributed by atoms with Crippen LogP contribution in [0.15, 0.2) is 24.3 Å². The second kappa shape index (κ2) is 5.07. The van der Waals surface area contributed by atoms with E-state index < -0.39 is 0 Å². The van der Waals surface area contributed by atoms with Crippen LogP contribution in [-0.4, -0.2) is 29.9 Å². The van der Waals surface area contributed by atoms with Gasteiger partial charge in [0.1, 0.15) is 0 Å². The Balaban J connectivity index is 2.03. The van der Waals surface area contributed by atoms with E-state index in [1.807, 2.05) is 0 Å². The van der Waals surface area contributed by atoms with Crippen LogP contribution < -0.4 is 11.2 Å². The number of imide groups is 1. The number of hydrazine groups is 1. The summed E-state index contributed by atoms with van der Waals surface area (Å²) < 4.78 is 0. The number of unbranched alkanes of at least 4 members (excludes halogenated alkanes) is 1. The van der Waals surface area contributed by atoms with Gasteiger partial charge in [0, 0.05) is 6.54 Å². The zero-order valence-electron chi connectivity index (χ0n) is 9.48. The third kappa shape index (κ3) is 2.20. The lowest BCUT2D eigenvalue weighted by molar-refractivity contribution is 0.0566. The van der Waals surface area contributed by atoms with Crippen molar-refractivity contribution in [3.63, 3.8) is 0 Å². The first-order chi connectivity index (χ1) is 8.25. The highest BCUT2D eigenvalue weighted by Gasteiger charge is 2.34. The minimum atomic E-state index is -0.279. The highest BCUT2D eigenvalue weighted by Crippen LogP contribution is 2.20. The average Bonchev–Trinajstić information content (AvgIpc) is 2.60. The first kappa shape index (κ1) is 11.8. The van der Waals surface area contributed by atoms with E-state index in [1.54, 1.807) is 24.3 Å². The van der Waals surface area contributed by atoms with Crippen LogP contribution in [0.5, 0.6) is 0 Å². The summed E-state index contributed by atoms with van der Waals surface area (Å²) in [7, 11) is 0. The molecule has 0 spiro atoms. The van der Waals surface area contributed by atoms with Gasteiger partial charge in [0.15, 0.2) is 0 Å². The van der Waals surface area contributed by atoms with Crippen molar-refractivity contribution in [2.24, 2.45) is 5.73 Å².